The third kappa shape index (κ3) is 6.13. The molecule has 4 nitrogen and oxygen atoms in total. The SMILES string of the molecule is Cc1cc(OCC(=O)N/N=C\c2ccc(C(F)(F)F)cc2)ccc1C(C)C. The van der Waals surface area contributed by atoms with E-state index in [-0.39, 0.29) is 6.61 Å². The lowest BCUT2D eigenvalue weighted by atomic mass is 9.98. The number of aryl methyl sites for hydroxylation is 1. The van der Waals surface area contributed by atoms with Crippen LogP contribution in [0.25, 0.3) is 0 Å². The normalized spacial score (nSPS) is 11.8. The second kappa shape index (κ2) is 8.70. The summed E-state index contributed by atoms with van der Waals surface area (Å²) in [6.07, 6.45) is -3.12. The van der Waals surface area contributed by atoms with Crippen LogP contribution in [-0.2, 0) is 11.0 Å². The average molecular weight is 378 g/mol. The van der Waals surface area contributed by atoms with Gasteiger partial charge < -0.3 is 4.74 Å². The van der Waals surface area contributed by atoms with Crippen molar-refractivity contribution in [1.82, 2.24) is 5.43 Å². The van der Waals surface area contributed by atoms with Crippen molar-refractivity contribution in [3.05, 3.63) is 64.7 Å². The van der Waals surface area contributed by atoms with Crippen LogP contribution in [0.2, 0.25) is 0 Å². The first-order valence-electron chi connectivity index (χ1n) is 8.39. The minimum absolute atomic E-state index is 0.217. The number of nitrogens with zero attached hydrogens (tertiary/aromatic N) is 1. The highest BCUT2D eigenvalue weighted by molar-refractivity contribution is 5.82. The number of hydrazone groups is 1. The molecule has 0 saturated heterocycles. The van der Waals surface area contributed by atoms with Crippen LogP contribution in [0.1, 0.15) is 42.0 Å². The Bertz CT molecular complexity index is 813. The topological polar surface area (TPSA) is 50.7 Å². The van der Waals surface area contributed by atoms with Crippen LogP contribution in [0.5, 0.6) is 5.75 Å². The fourth-order valence-corrected chi connectivity index (χ4v) is 2.50. The molecule has 7 heteroatoms. The van der Waals surface area contributed by atoms with Gasteiger partial charge in [-0.25, -0.2) is 5.43 Å². The molecule has 2 aromatic rings. The molecule has 2 aromatic carbocycles. The number of ether oxygens (including phenoxy) is 1. The van der Waals surface area contributed by atoms with E-state index < -0.39 is 17.6 Å². The van der Waals surface area contributed by atoms with Gasteiger partial charge in [-0.05, 0) is 53.8 Å². The van der Waals surface area contributed by atoms with E-state index >= 15 is 0 Å². The molecule has 0 heterocycles. The predicted molar refractivity (Wildman–Crippen MR) is 97.9 cm³/mol. The van der Waals surface area contributed by atoms with Crippen molar-refractivity contribution >= 4 is 12.1 Å². The van der Waals surface area contributed by atoms with Crippen LogP contribution in [0.3, 0.4) is 0 Å². The first-order valence-corrected chi connectivity index (χ1v) is 8.39. The van der Waals surface area contributed by atoms with Crippen molar-refractivity contribution in [2.24, 2.45) is 5.10 Å². The lowest BCUT2D eigenvalue weighted by Crippen LogP contribution is -2.24. The second-order valence-corrected chi connectivity index (χ2v) is 6.37. The quantitative estimate of drug-likeness (QED) is 0.587. The molecule has 27 heavy (non-hydrogen) atoms. The van der Waals surface area contributed by atoms with Gasteiger partial charge in [0.05, 0.1) is 11.8 Å². The minimum Gasteiger partial charge on any atom is -0.484 e. The van der Waals surface area contributed by atoms with Crippen LogP contribution >= 0.6 is 0 Å². The van der Waals surface area contributed by atoms with Crippen molar-refractivity contribution in [2.75, 3.05) is 6.61 Å². The monoisotopic (exact) mass is 378 g/mol. The maximum Gasteiger partial charge on any atom is 0.416 e. The smallest absolute Gasteiger partial charge is 0.416 e. The Morgan fingerprint density at radius 3 is 2.41 bits per heavy atom. The van der Waals surface area contributed by atoms with E-state index in [0.717, 1.165) is 17.7 Å². The van der Waals surface area contributed by atoms with Gasteiger partial charge in [-0.3, -0.25) is 4.79 Å². The van der Waals surface area contributed by atoms with Crippen molar-refractivity contribution in [1.29, 1.82) is 0 Å². The summed E-state index contributed by atoms with van der Waals surface area (Å²) in [5, 5.41) is 3.71. The number of rotatable bonds is 6. The number of amides is 1. The maximum atomic E-state index is 12.5. The van der Waals surface area contributed by atoms with E-state index in [2.05, 4.69) is 24.4 Å². The third-order valence-electron chi connectivity index (χ3n) is 3.87. The number of hydrogen-bond donors (Lipinski definition) is 1. The molecule has 0 unspecified atom stereocenters. The number of alkyl halides is 3. The summed E-state index contributed by atoms with van der Waals surface area (Å²) < 4.78 is 42.9. The Balaban J connectivity index is 1.84. The molecule has 1 N–H and O–H groups in total. The lowest BCUT2D eigenvalue weighted by molar-refractivity contribution is -0.137. The molecule has 0 aliphatic heterocycles. The second-order valence-electron chi connectivity index (χ2n) is 6.37. The van der Waals surface area contributed by atoms with Gasteiger partial charge >= 0.3 is 6.18 Å². The number of nitrogens with one attached hydrogen (secondary N) is 1. The van der Waals surface area contributed by atoms with Crippen LogP contribution in [0.4, 0.5) is 13.2 Å². The molecule has 1 amide bonds. The van der Waals surface area contributed by atoms with Crippen molar-refractivity contribution in [3.63, 3.8) is 0 Å². The summed E-state index contributed by atoms with van der Waals surface area (Å²) >= 11 is 0. The standard InChI is InChI=1S/C20H21F3N2O2/c1-13(2)18-9-8-17(10-14(18)3)27-12-19(26)25-24-11-15-4-6-16(7-5-15)20(21,22)23/h4-11,13H,12H2,1-3H3,(H,25,26)/b24-11-. The highest BCUT2D eigenvalue weighted by Crippen LogP contribution is 2.28. The number of carbonyl (C=O) groups is 1. The Morgan fingerprint density at radius 1 is 1.19 bits per heavy atom. The van der Waals surface area contributed by atoms with Gasteiger partial charge in [-0.1, -0.05) is 32.0 Å². The highest BCUT2D eigenvalue weighted by Gasteiger charge is 2.29. The van der Waals surface area contributed by atoms with Crippen LogP contribution in [-0.4, -0.2) is 18.7 Å². The summed E-state index contributed by atoms with van der Waals surface area (Å²) in [6, 6.07) is 10.1. The molecular weight excluding hydrogens is 357 g/mol. The molecule has 2 rings (SSSR count). The van der Waals surface area contributed by atoms with Gasteiger partial charge in [0, 0.05) is 0 Å². The van der Waals surface area contributed by atoms with Crippen molar-refractivity contribution in [3.8, 4) is 5.75 Å². The van der Waals surface area contributed by atoms with Crippen LogP contribution in [0.15, 0.2) is 47.6 Å². The predicted octanol–water partition coefficient (Wildman–Crippen LogP) is 4.67. The van der Waals surface area contributed by atoms with Gasteiger partial charge in [0.25, 0.3) is 5.91 Å². The molecular formula is C20H21F3N2O2. The van der Waals surface area contributed by atoms with Crippen LogP contribution < -0.4 is 10.2 Å². The molecule has 0 atom stereocenters. The highest BCUT2D eigenvalue weighted by atomic mass is 19.4. The minimum atomic E-state index is -4.38. The van der Waals surface area contributed by atoms with Gasteiger partial charge in [0.15, 0.2) is 6.61 Å². The zero-order chi connectivity index (χ0) is 20.0. The Hall–Kier alpha value is -2.83. The molecule has 0 fully saturated rings. The summed E-state index contributed by atoms with van der Waals surface area (Å²) in [5.41, 5.74) is 4.27. The maximum absolute atomic E-state index is 12.5. The summed E-state index contributed by atoms with van der Waals surface area (Å²) in [5.74, 6) is 0.518. The van der Waals surface area contributed by atoms with Crippen molar-refractivity contribution < 1.29 is 22.7 Å². The Morgan fingerprint density at radius 2 is 1.85 bits per heavy atom. The first-order chi connectivity index (χ1) is 12.7. The van der Waals surface area contributed by atoms with Gasteiger partial charge in [-0.2, -0.15) is 18.3 Å². The van der Waals surface area contributed by atoms with E-state index in [1.165, 1.54) is 23.9 Å². The zero-order valence-corrected chi connectivity index (χ0v) is 15.3. The molecule has 0 aliphatic carbocycles. The zero-order valence-electron chi connectivity index (χ0n) is 15.3. The number of benzene rings is 2. The average Bonchev–Trinajstić information content (AvgIpc) is 2.59. The van der Waals surface area contributed by atoms with E-state index in [1.54, 1.807) is 6.07 Å². The van der Waals surface area contributed by atoms with Gasteiger partial charge in [-0.15, -0.1) is 0 Å². The number of hydrogen-bond acceptors (Lipinski definition) is 3. The van der Waals surface area contributed by atoms with Crippen LogP contribution in [0, 0.1) is 6.92 Å². The third-order valence-corrected chi connectivity index (χ3v) is 3.87. The molecule has 0 aromatic heterocycles. The Labute approximate surface area is 156 Å². The fraction of sp³-hybridized carbons (Fsp3) is 0.300. The fourth-order valence-electron chi connectivity index (χ4n) is 2.50. The first kappa shape index (κ1) is 20.5. The Kier molecular flexibility index (Phi) is 6.60. The molecule has 0 radical (unpaired) electrons. The molecule has 0 aliphatic rings. The molecule has 0 saturated carbocycles. The van der Waals surface area contributed by atoms with E-state index in [0.29, 0.717) is 17.2 Å². The van der Waals surface area contributed by atoms with E-state index in [1.807, 2.05) is 19.1 Å². The number of carbonyl (C=O) groups excluding carboxylic acids is 1. The number of halogens is 3. The van der Waals surface area contributed by atoms with E-state index in [9.17, 15) is 18.0 Å². The van der Waals surface area contributed by atoms with Crippen molar-refractivity contribution in [2.45, 2.75) is 32.9 Å². The largest absolute Gasteiger partial charge is 0.484 e. The summed E-state index contributed by atoms with van der Waals surface area (Å²) in [7, 11) is 0. The van der Waals surface area contributed by atoms with Gasteiger partial charge in [0.2, 0.25) is 0 Å². The summed E-state index contributed by atoms with van der Waals surface area (Å²) in [6.45, 7) is 5.97. The molecule has 0 bridgehead atoms. The summed E-state index contributed by atoms with van der Waals surface area (Å²) in [4.78, 5) is 11.8. The molecule has 144 valence electrons. The van der Waals surface area contributed by atoms with E-state index in [4.69, 9.17) is 4.74 Å². The molecule has 0 spiro atoms. The lowest BCUT2D eigenvalue weighted by Gasteiger charge is -2.12. The van der Waals surface area contributed by atoms with Gasteiger partial charge in [0.1, 0.15) is 5.75 Å².